The minimum atomic E-state index is 0.170. The lowest BCUT2D eigenvalue weighted by atomic mass is 10.3. The van der Waals surface area contributed by atoms with Gasteiger partial charge in [-0.25, -0.2) is 0 Å². The van der Waals surface area contributed by atoms with E-state index >= 15 is 0 Å². The van der Waals surface area contributed by atoms with Crippen LogP contribution >= 0.6 is 23.1 Å². The first kappa shape index (κ1) is 13.3. The molecule has 0 fully saturated rings. The molecule has 102 valence electrons. The lowest BCUT2D eigenvalue weighted by Gasteiger charge is -2.11. The summed E-state index contributed by atoms with van der Waals surface area (Å²) in [7, 11) is 0. The molecule has 2 heterocycles. The van der Waals surface area contributed by atoms with Gasteiger partial charge in [-0.2, -0.15) is 4.68 Å². The van der Waals surface area contributed by atoms with E-state index in [0.29, 0.717) is 6.54 Å². The van der Waals surface area contributed by atoms with E-state index in [1.165, 1.54) is 4.88 Å². The van der Waals surface area contributed by atoms with E-state index in [1.54, 1.807) is 27.8 Å². The number of nitrogens with two attached hydrogens (primary N) is 1. The molecule has 0 aliphatic heterocycles. The van der Waals surface area contributed by atoms with E-state index in [9.17, 15) is 0 Å². The van der Waals surface area contributed by atoms with Crippen molar-refractivity contribution in [1.82, 2.24) is 20.2 Å². The fourth-order valence-corrected chi connectivity index (χ4v) is 3.71. The molecule has 20 heavy (non-hydrogen) atoms. The highest BCUT2D eigenvalue weighted by Crippen LogP contribution is 2.35. The standard InChI is InChI=1S/C13H13N5S2/c14-9-12(11-7-4-8-19-11)20-13-15-16-17-18(13)10-5-2-1-3-6-10/h1-8,12H,9,14H2. The molecule has 0 aliphatic carbocycles. The first-order chi connectivity index (χ1) is 9.88. The predicted molar refractivity (Wildman–Crippen MR) is 81.1 cm³/mol. The van der Waals surface area contributed by atoms with Crippen molar-refractivity contribution >= 4 is 23.1 Å². The van der Waals surface area contributed by atoms with Gasteiger partial charge in [0.25, 0.3) is 0 Å². The number of thiophene rings is 1. The number of nitrogens with zero attached hydrogens (tertiary/aromatic N) is 4. The molecule has 0 aliphatic rings. The van der Waals surface area contributed by atoms with Crippen LogP contribution in [0.5, 0.6) is 0 Å². The third-order valence-electron chi connectivity index (χ3n) is 2.76. The molecule has 1 aromatic carbocycles. The number of benzene rings is 1. The van der Waals surface area contributed by atoms with Gasteiger partial charge in [-0.1, -0.05) is 36.0 Å². The summed E-state index contributed by atoms with van der Waals surface area (Å²) < 4.78 is 1.74. The van der Waals surface area contributed by atoms with Gasteiger partial charge in [0.05, 0.1) is 10.9 Å². The zero-order valence-electron chi connectivity index (χ0n) is 10.6. The Labute approximate surface area is 124 Å². The molecule has 5 nitrogen and oxygen atoms in total. The number of aromatic nitrogens is 4. The van der Waals surface area contributed by atoms with Crippen LogP contribution in [0.2, 0.25) is 0 Å². The van der Waals surface area contributed by atoms with Crippen LogP contribution < -0.4 is 5.73 Å². The second kappa shape index (κ2) is 6.17. The van der Waals surface area contributed by atoms with Gasteiger partial charge < -0.3 is 5.73 Å². The second-order valence-electron chi connectivity index (χ2n) is 4.07. The summed E-state index contributed by atoms with van der Waals surface area (Å²) in [6.07, 6.45) is 0. The maximum absolute atomic E-state index is 5.88. The number of thioether (sulfide) groups is 1. The summed E-state index contributed by atoms with van der Waals surface area (Å²) in [6.45, 7) is 0.548. The molecule has 0 amide bonds. The number of tetrazole rings is 1. The lowest BCUT2D eigenvalue weighted by Crippen LogP contribution is -2.09. The molecule has 0 saturated heterocycles. The zero-order chi connectivity index (χ0) is 13.8. The van der Waals surface area contributed by atoms with Gasteiger partial charge in [0.1, 0.15) is 0 Å². The fraction of sp³-hybridized carbons (Fsp3) is 0.154. The minimum absolute atomic E-state index is 0.170. The minimum Gasteiger partial charge on any atom is -0.329 e. The Balaban J connectivity index is 1.87. The molecule has 2 N–H and O–H groups in total. The number of para-hydroxylation sites is 1. The van der Waals surface area contributed by atoms with Crippen LogP contribution in [-0.2, 0) is 0 Å². The van der Waals surface area contributed by atoms with Crippen molar-refractivity contribution in [3.05, 3.63) is 52.7 Å². The molecular weight excluding hydrogens is 290 g/mol. The topological polar surface area (TPSA) is 69.6 Å². The maximum Gasteiger partial charge on any atom is 0.214 e. The molecule has 7 heteroatoms. The number of hydrogen-bond acceptors (Lipinski definition) is 6. The van der Waals surface area contributed by atoms with E-state index in [2.05, 4.69) is 27.0 Å². The van der Waals surface area contributed by atoms with E-state index in [4.69, 9.17) is 5.73 Å². The van der Waals surface area contributed by atoms with Gasteiger partial charge in [-0.15, -0.1) is 16.4 Å². The van der Waals surface area contributed by atoms with Crippen molar-refractivity contribution in [2.45, 2.75) is 10.4 Å². The monoisotopic (exact) mass is 303 g/mol. The Morgan fingerprint density at radius 3 is 2.75 bits per heavy atom. The van der Waals surface area contributed by atoms with Gasteiger partial charge in [0, 0.05) is 11.4 Å². The molecule has 3 aromatic rings. The van der Waals surface area contributed by atoms with Crippen molar-refractivity contribution in [3.8, 4) is 5.69 Å². The van der Waals surface area contributed by atoms with E-state index in [1.807, 2.05) is 36.4 Å². The van der Waals surface area contributed by atoms with Crippen molar-refractivity contribution in [2.75, 3.05) is 6.54 Å². The smallest absolute Gasteiger partial charge is 0.214 e. The molecule has 2 aromatic heterocycles. The van der Waals surface area contributed by atoms with Crippen LogP contribution in [0.15, 0.2) is 53.0 Å². The number of hydrogen-bond donors (Lipinski definition) is 1. The quantitative estimate of drug-likeness (QED) is 0.733. The van der Waals surface area contributed by atoms with Crippen LogP contribution in [0.25, 0.3) is 5.69 Å². The van der Waals surface area contributed by atoms with Gasteiger partial charge in [0.2, 0.25) is 5.16 Å². The number of rotatable bonds is 5. The van der Waals surface area contributed by atoms with Gasteiger partial charge >= 0.3 is 0 Å². The Morgan fingerprint density at radius 2 is 2.05 bits per heavy atom. The molecule has 0 radical (unpaired) electrons. The second-order valence-corrected chi connectivity index (χ2v) is 6.22. The van der Waals surface area contributed by atoms with E-state index < -0.39 is 0 Å². The van der Waals surface area contributed by atoms with Crippen molar-refractivity contribution in [3.63, 3.8) is 0 Å². The first-order valence-electron chi connectivity index (χ1n) is 6.12. The van der Waals surface area contributed by atoms with E-state index in [-0.39, 0.29) is 5.25 Å². The van der Waals surface area contributed by atoms with Crippen LogP contribution in [-0.4, -0.2) is 26.8 Å². The van der Waals surface area contributed by atoms with Crippen molar-refractivity contribution < 1.29 is 0 Å². The average Bonchev–Trinajstić information content (AvgIpc) is 3.17. The van der Waals surface area contributed by atoms with Crippen LogP contribution in [0.1, 0.15) is 10.1 Å². The highest BCUT2D eigenvalue weighted by atomic mass is 32.2. The SMILES string of the molecule is NCC(Sc1nnnn1-c1ccccc1)c1cccs1. The highest BCUT2D eigenvalue weighted by molar-refractivity contribution is 7.99. The fourth-order valence-electron chi connectivity index (χ4n) is 1.81. The summed E-state index contributed by atoms with van der Waals surface area (Å²) in [5.41, 5.74) is 6.82. The Morgan fingerprint density at radius 1 is 1.20 bits per heavy atom. The first-order valence-corrected chi connectivity index (χ1v) is 7.88. The molecule has 1 atom stereocenters. The highest BCUT2D eigenvalue weighted by Gasteiger charge is 2.17. The Kier molecular flexibility index (Phi) is 4.10. The van der Waals surface area contributed by atoms with Crippen LogP contribution in [0.4, 0.5) is 0 Å². The molecule has 0 bridgehead atoms. The maximum atomic E-state index is 5.88. The summed E-state index contributed by atoms with van der Waals surface area (Å²) in [4.78, 5) is 1.24. The third-order valence-corrected chi connectivity index (χ3v) is 5.10. The van der Waals surface area contributed by atoms with Gasteiger partial charge in [0.15, 0.2) is 0 Å². The largest absolute Gasteiger partial charge is 0.329 e. The molecule has 0 spiro atoms. The zero-order valence-corrected chi connectivity index (χ0v) is 12.2. The van der Waals surface area contributed by atoms with Crippen LogP contribution in [0, 0.1) is 0 Å². The van der Waals surface area contributed by atoms with Crippen molar-refractivity contribution in [1.29, 1.82) is 0 Å². The normalized spacial score (nSPS) is 12.4. The Hall–Kier alpha value is -1.70. The van der Waals surface area contributed by atoms with Gasteiger partial charge in [-0.05, 0) is 34.0 Å². The Bertz CT molecular complexity index is 650. The third kappa shape index (κ3) is 2.74. The van der Waals surface area contributed by atoms with Crippen LogP contribution in [0.3, 0.4) is 0 Å². The lowest BCUT2D eigenvalue weighted by molar-refractivity contribution is 0.754. The molecule has 3 rings (SSSR count). The van der Waals surface area contributed by atoms with Crippen molar-refractivity contribution in [2.24, 2.45) is 5.73 Å². The predicted octanol–water partition coefficient (Wildman–Crippen LogP) is 2.52. The summed E-state index contributed by atoms with van der Waals surface area (Å²) >= 11 is 3.29. The summed E-state index contributed by atoms with van der Waals surface area (Å²) in [6, 6.07) is 14.0. The van der Waals surface area contributed by atoms with E-state index in [0.717, 1.165) is 10.8 Å². The molecule has 1 unspecified atom stereocenters. The van der Waals surface area contributed by atoms with Gasteiger partial charge in [-0.3, -0.25) is 0 Å². The average molecular weight is 303 g/mol. The summed E-state index contributed by atoms with van der Waals surface area (Å²) in [5, 5.41) is 14.9. The summed E-state index contributed by atoms with van der Waals surface area (Å²) in [5.74, 6) is 0. The molecular formula is C13H13N5S2. The molecule has 0 saturated carbocycles.